The number of benzene rings is 3. The smallest absolute Gasteiger partial charge is 0.343 e. The first-order valence-electron chi connectivity index (χ1n) is 18.2. The maximum atomic E-state index is 12.6. The molecule has 0 heterocycles. The van der Waals surface area contributed by atoms with Crippen molar-refractivity contribution in [3.8, 4) is 17.2 Å². The van der Waals surface area contributed by atoms with Gasteiger partial charge >= 0.3 is 29.8 Å². The van der Waals surface area contributed by atoms with Gasteiger partial charge in [0, 0.05) is 18.4 Å². The summed E-state index contributed by atoms with van der Waals surface area (Å²) in [5, 5.41) is 0. The molecule has 3 rings (SSSR count). The minimum atomic E-state index is -0.522. The molecular formula is C42H50O11. The SMILES string of the molecule is C=C(C)C(=O)OCCCCCC(=O)OCCCCCC(=O)OCCCCCCOc1ccc(C(=O)Oc2ccc(OC(=O)c3ccccc3)cc2)cc1. The summed E-state index contributed by atoms with van der Waals surface area (Å²) in [5.74, 6) is -0.549. The number of unbranched alkanes of at least 4 members (excludes halogenated alkanes) is 7. The van der Waals surface area contributed by atoms with Crippen LogP contribution in [0.5, 0.6) is 17.2 Å². The van der Waals surface area contributed by atoms with Crippen LogP contribution in [-0.4, -0.2) is 56.3 Å². The minimum Gasteiger partial charge on any atom is -0.494 e. The summed E-state index contributed by atoms with van der Waals surface area (Å²) < 4.78 is 32.1. The Labute approximate surface area is 311 Å². The first-order valence-corrected chi connectivity index (χ1v) is 18.2. The number of rotatable bonds is 25. The van der Waals surface area contributed by atoms with E-state index >= 15 is 0 Å². The molecule has 0 saturated heterocycles. The molecule has 0 aliphatic rings. The Kier molecular flexibility index (Phi) is 19.5. The summed E-state index contributed by atoms with van der Waals surface area (Å²) in [7, 11) is 0. The maximum absolute atomic E-state index is 12.6. The lowest BCUT2D eigenvalue weighted by atomic mass is 10.2. The predicted octanol–water partition coefficient (Wildman–Crippen LogP) is 8.39. The number of hydrogen-bond donors (Lipinski definition) is 0. The van der Waals surface area contributed by atoms with Crippen LogP contribution < -0.4 is 14.2 Å². The van der Waals surface area contributed by atoms with E-state index in [0.29, 0.717) is 98.9 Å². The first kappa shape index (κ1) is 42.0. The van der Waals surface area contributed by atoms with Crippen LogP contribution in [0.15, 0.2) is 91.0 Å². The van der Waals surface area contributed by atoms with Crippen LogP contribution >= 0.6 is 0 Å². The third-order valence-corrected chi connectivity index (χ3v) is 7.81. The van der Waals surface area contributed by atoms with Gasteiger partial charge in [0.15, 0.2) is 0 Å². The van der Waals surface area contributed by atoms with E-state index in [4.69, 9.17) is 28.4 Å². The summed E-state index contributed by atoms with van der Waals surface area (Å²) in [6.07, 6.45) is 8.42. The second-order valence-corrected chi connectivity index (χ2v) is 12.4. The van der Waals surface area contributed by atoms with Crippen molar-refractivity contribution in [3.63, 3.8) is 0 Å². The van der Waals surface area contributed by atoms with Gasteiger partial charge in [-0.15, -0.1) is 0 Å². The monoisotopic (exact) mass is 730 g/mol. The molecule has 0 aromatic heterocycles. The Hall–Kier alpha value is -5.45. The van der Waals surface area contributed by atoms with Crippen molar-refractivity contribution in [2.75, 3.05) is 26.4 Å². The van der Waals surface area contributed by atoms with E-state index in [1.54, 1.807) is 79.7 Å². The molecule has 53 heavy (non-hydrogen) atoms. The fourth-order valence-electron chi connectivity index (χ4n) is 4.82. The molecule has 3 aromatic rings. The highest BCUT2D eigenvalue weighted by molar-refractivity contribution is 5.92. The molecule has 0 bridgehead atoms. The molecule has 0 radical (unpaired) electrons. The van der Waals surface area contributed by atoms with Crippen molar-refractivity contribution in [2.45, 2.75) is 84.0 Å². The average Bonchev–Trinajstić information content (AvgIpc) is 3.16. The molecule has 11 heteroatoms. The number of esters is 5. The van der Waals surface area contributed by atoms with Gasteiger partial charge < -0.3 is 28.4 Å². The fourth-order valence-corrected chi connectivity index (χ4v) is 4.82. The predicted molar refractivity (Wildman–Crippen MR) is 198 cm³/mol. The quantitative estimate of drug-likeness (QED) is 0.0273. The van der Waals surface area contributed by atoms with Crippen molar-refractivity contribution >= 4 is 29.8 Å². The van der Waals surface area contributed by atoms with Crippen LogP contribution in [0.25, 0.3) is 0 Å². The van der Waals surface area contributed by atoms with E-state index in [-0.39, 0.29) is 11.9 Å². The molecule has 3 aromatic carbocycles. The number of ether oxygens (including phenoxy) is 6. The lowest BCUT2D eigenvalue weighted by Gasteiger charge is -2.09. The van der Waals surface area contributed by atoms with Gasteiger partial charge in [-0.3, -0.25) is 9.59 Å². The van der Waals surface area contributed by atoms with Crippen molar-refractivity contribution in [2.24, 2.45) is 0 Å². The lowest BCUT2D eigenvalue weighted by molar-refractivity contribution is -0.145. The van der Waals surface area contributed by atoms with E-state index in [9.17, 15) is 24.0 Å². The van der Waals surface area contributed by atoms with Crippen molar-refractivity contribution in [1.82, 2.24) is 0 Å². The van der Waals surface area contributed by atoms with E-state index in [1.165, 1.54) is 0 Å². The fraction of sp³-hybridized carbons (Fsp3) is 0.405. The Morgan fingerprint density at radius 2 is 0.887 bits per heavy atom. The summed E-state index contributed by atoms with van der Waals surface area (Å²) in [6, 6.07) is 21.6. The third kappa shape index (κ3) is 18.0. The topological polar surface area (TPSA) is 141 Å². The van der Waals surface area contributed by atoms with E-state index in [0.717, 1.165) is 38.5 Å². The van der Waals surface area contributed by atoms with Crippen LogP contribution in [0, 0.1) is 0 Å². The molecule has 0 aliphatic carbocycles. The van der Waals surface area contributed by atoms with Crippen LogP contribution in [0.4, 0.5) is 0 Å². The second kappa shape index (κ2) is 24.7. The standard InChI is InChI=1S/C42H50O11/c1-32(2)40(45)51-31-15-7-11-19-39(44)50-30-14-6-10-18-38(43)49-29-13-4-3-12-28-48-35-22-20-34(21-23-35)42(47)53-37-26-24-36(25-27-37)52-41(46)33-16-8-5-9-17-33/h5,8-9,16-17,20-27H,1,3-4,6-7,10-15,18-19,28-31H2,2H3. The highest BCUT2D eigenvalue weighted by Crippen LogP contribution is 2.21. The molecule has 0 N–H and O–H groups in total. The third-order valence-electron chi connectivity index (χ3n) is 7.81. The Balaban J connectivity index is 1.13. The number of carbonyl (C=O) groups is 5. The summed E-state index contributed by atoms with van der Waals surface area (Å²) in [6.45, 7) is 6.69. The maximum Gasteiger partial charge on any atom is 0.343 e. The molecule has 0 amide bonds. The zero-order valence-electron chi connectivity index (χ0n) is 30.5. The van der Waals surface area contributed by atoms with Gasteiger partial charge in [-0.2, -0.15) is 0 Å². The van der Waals surface area contributed by atoms with Crippen molar-refractivity contribution < 1.29 is 52.4 Å². The summed E-state index contributed by atoms with van der Waals surface area (Å²) in [5.41, 5.74) is 1.18. The van der Waals surface area contributed by atoms with E-state index in [2.05, 4.69) is 6.58 Å². The molecular weight excluding hydrogens is 680 g/mol. The van der Waals surface area contributed by atoms with Gasteiger partial charge in [-0.1, -0.05) is 24.8 Å². The molecule has 0 saturated carbocycles. The van der Waals surface area contributed by atoms with Gasteiger partial charge in [-0.05, 0) is 132 Å². The minimum absolute atomic E-state index is 0.216. The Morgan fingerprint density at radius 1 is 0.472 bits per heavy atom. The summed E-state index contributed by atoms with van der Waals surface area (Å²) in [4.78, 5) is 59.9. The zero-order chi connectivity index (χ0) is 38.1. The number of hydrogen-bond acceptors (Lipinski definition) is 11. The molecule has 0 spiro atoms. The summed E-state index contributed by atoms with van der Waals surface area (Å²) >= 11 is 0. The van der Waals surface area contributed by atoms with Crippen molar-refractivity contribution in [1.29, 1.82) is 0 Å². The van der Waals surface area contributed by atoms with Gasteiger partial charge in [-0.25, -0.2) is 14.4 Å². The first-order chi connectivity index (χ1) is 25.7. The molecule has 0 fully saturated rings. The van der Waals surface area contributed by atoms with Gasteiger partial charge in [0.1, 0.15) is 17.2 Å². The van der Waals surface area contributed by atoms with Gasteiger partial charge in [0.2, 0.25) is 0 Å². The van der Waals surface area contributed by atoms with Gasteiger partial charge in [0.25, 0.3) is 0 Å². The molecule has 11 nitrogen and oxygen atoms in total. The zero-order valence-corrected chi connectivity index (χ0v) is 30.5. The largest absolute Gasteiger partial charge is 0.494 e. The Bertz CT molecular complexity index is 1580. The number of carbonyl (C=O) groups excluding carboxylic acids is 5. The lowest BCUT2D eigenvalue weighted by Crippen LogP contribution is -2.09. The van der Waals surface area contributed by atoms with Crippen LogP contribution in [-0.2, 0) is 28.6 Å². The normalized spacial score (nSPS) is 10.5. The Morgan fingerprint density at radius 3 is 1.38 bits per heavy atom. The highest BCUT2D eigenvalue weighted by Gasteiger charge is 2.12. The molecule has 284 valence electrons. The van der Waals surface area contributed by atoms with E-state index < -0.39 is 17.9 Å². The van der Waals surface area contributed by atoms with Crippen LogP contribution in [0.2, 0.25) is 0 Å². The highest BCUT2D eigenvalue weighted by atomic mass is 16.5. The van der Waals surface area contributed by atoms with E-state index in [1.807, 2.05) is 6.07 Å². The van der Waals surface area contributed by atoms with Crippen LogP contribution in [0.1, 0.15) is 105 Å². The van der Waals surface area contributed by atoms with Crippen molar-refractivity contribution in [3.05, 3.63) is 102 Å². The average molecular weight is 731 g/mol. The second-order valence-electron chi connectivity index (χ2n) is 12.4. The molecule has 0 aliphatic heterocycles. The van der Waals surface area contributed by atoms with Gasteiger partial charge in [0.05, 0.1) is 37.6 Å². The molecule has 0 atom stereocenters. The van der Waals surface area contributed by atoms with Crippen LogP contribution in [0.3, 0.4) is 0 Å². The molecule has 0 unspecified atom stereocenters.